The summed E-state index contributed by atoms with van der Waals surface area (Å²) in [7, 11) is 0. The molecule has 2 atom stereocenters. The molecule has 5 heteroatoms. The van der Waals surface area contributed by atoms with Gasteiger partial charge in [0.1, 0.15) is 0 Å². The number of hydrogen-bond acceptors (Lipinski definition) is 5. The Kier molecular flexibility index (Phi) is 2.79. The lowest BCUT2D eigenvalue weighted by Gasteiger charge is -2.35. The van der Waals surface area contributed by atoms with Gasteiger partial charge in [-0.15, -0.1) is 0 Å². The van der Waals surface area contributed by atoms with Crippen LogP contribution in [0.1, 0.15) is 19.7 Å². The van der Waals surface area contributed by atoms with Crippen LogP contribution in [0.2, 0.25) is 0 Å². The van der Waals surface area contributed by atoms with Crippen molar-refractivity contribution < 1.29 is 4.52 Å². The van der Waals surface area contributed by atoms with Crippen molar-refractivity contribution in [2.45, 2.75) is 32.5 Å². The van der Waals surface area contributed by atoms with Gasteiger partial charge >= 0.3 is 0 Å². The summed E-state index contributed by atoms with van der Waals surface area (Å²) in [5.74, 6) is 0.700. The van der Waals surface area contributed by atoms with E-state index in [4.69, 9.17) is 4.52 Å². The molecule has 2 unspecified atom stereocenters. The molecule has 1 aromatic rings. The van der Waals surface area contributed by atoms with Gasteiger partial charge in [0.25, 0.3) is 0 Å². The molecule has 1 aliphatic heterocycles. The highest BCUT2D eigenvalue weighted by molar-refractivity contribution is 4.84. The second-order valence-corrected chi connectivity index (χ2v) is 4.00. The van der Waals surface area contributed by atoms with Crippen molar-refractivity contribution in [3.05, 3.63) is 12.2 Å². The lowest BCUT2D eigenvalue weighted by molar-refractivity contribution is 0.149. The number of nitrogens with zero attached hydrogens (tertiary/aromatic N) is 3. The predicted octanol–water partition coefficient (Wildman–Crippen LogP) is 0.252. The second-order valence-electron chi connectivity index (χ2n) is 4.00. The fourth-order valence-corrected chi connectivity index (χ4v) is 2.03. The summed E-state index contributed by atoms with van der Waals surface area (Å²) < 4.78 is 4.98. The first-order valence-electron chi connectivity index (χ1n) is 4.98. The smallest absolute Gasteiger partial charge is 0.240 e. The van der Waals surface area contributed by atoms with E-state index in [-0.39, 0.29) is 0 Å². The van der Waals surface area contributed by atoms with Gasteiger partial charge in [0.15, 0.2) is 6.33 Å². The first-order chi connectivity index (χ1) is 6.74. The molecule has 0 bridgehead atoms. The molecule has 1 N–H and O–H groups in total. The van der Waals surface area contributed by atoms with E-state index in [1.54, 1.807) is 0 Å². The van der Waals surface area contributed by atoms with Crippen molar-refractivity contribution in [3.63, 3.8) is 0 Å². The highest BCUT2D eigenvalue weighted by atomic mass is 16.5. The quantitative estimate of drug-likeness (QED) is 0.735. The van der Waals surface area contributed by atoms with Crippen molar-refractivity contribution in [2.75, 3.05) is 13.1 Å². The topological polar surface area (TPSA) is 54.2 Å². The van der Waals surface area contributed by atoms with Gasteiger partial charge in [0, 0.05) is 25.2 Å². The Labute approximate surface area is 83.5 Å². The largest absolute Gasteiger partial charge is 0.338 e. The van der Waals surface area contributed by atoms with Gasteiger partial charge in [-0.3, -0.25) is 4.90 Å². The number of piperazine rings is 1. The van der Waals surface area contributed by atoms with Gasteiger partial charge < -0.3 is 9.84 Å². The van der Waals surface area contributed by atoms with Crippen molar-refractivity contribution >= 4 is 0 Å². The van der Waals surface area contributed by atoms with E-state index in [1.807, 2.05) is 0 Å². The normalized spacial score (nSPS) is 29.3. The maximum Gasteiger partial charge on any atom is 0.240 e. The van der Waals surface area contributed by atoms with E-state index in [0.29, 0.717) is 18.0 Å². The first kappa shape index (κ1) is 9.61. The Bertz CT molecular complexity index is 264. The summed E-state index contributed by atoms with van der Waals surface area (Å²) in [5.41, 5.74) is 0. The summed E-state index contributed by atoms with van der Waals surface area (Å²) in [5, 5.41) is 7.08. The molecule has 5 nitrogen and oxygen atoms in total. The molecule has 2 rings (SSSR count). The minimum absolute atomic E-state index is 0.529. The van der Waals surface area contributed by atoms with Gasteiger partial charge in [-0.05, 0) is 13.8 Å². The molecule has 0 saturated carbocycles. The lowest BCUT2D eigenvalue weighted by Crippen LogP contribution is -2.53. The standard InChI is InChI=1S/C9H16N4O/c1-7-3-13(4-8(2)12-7)5-9-10-6-11-14-9/h6-8,12H,3-5H2,1-2H3. The third-order valence-electron chi connectivity index (χ3n) is 2.40. The minimum Gasteiger partial charge on any atom is -0.338 e. The van der Waals surface area contributed by atoms with Gasteiger partial charge in [-0.2, -0.15) is 4.98 Å². The van der Waals surface area contributed by atoms with E-state index < -0.39 is 0 Å². The Balaban J connectivity index is 1.91. The number of aromatic nitrogens is 2. The zero-order chi connectivity index (χ0) is 9.97. The van der Waals surface area contributed by atoms with Crippen LogP contribution in [0.5, 0.6) is 0 Å². The summed E-state index contributed by atoms with van der Waals surface area (Å²) in [6, 6.07) is 1.06. The summed E-state index contributed by atoms with van der Waals surface area (Å²) >= 11 is 0. The van der Waals surface area contributed by atoms with E-state index in [9.17, 15) is 0 Å². The molecule has 14 heavy (non-hydrogen) atoms. The van der Waals surface area contributed by atoms with E-state index in [2.05, 4.69) is 34.2 Å². The van der Waals surface area contributed by atoms with Crippen LogP contribution in [0.4, 0.5) is 0 Å². The van der Waals surface area contributed by atoms with Crippen LogP contribution in [0.3, 0.4) is 0 Å². The molecular formula is C9H16N4O. The Morgan fingerprint density at radius 2 is 2.21 bits per heavy atom. The molecule has 0 radical (unpaired) electrons. The molecule has 78 valence electrons. The average Bonchev–Trinajstić information content (AvgIpc) is 2.54. The molecule has 2 heterocycles. The van der Waals surface area contributed by atoms with E-state index in [0.717, 1.165) is 19.6 Å². The molecule has 1 aliphatic rings. The van der Waals surface area contributed by atoms with Crippen LogP contribution in [-0.2, 0) is 6.54 Å². The van der Waals surface area contributed by atoms with Gasteiger partial charge in [-0.25, -0.2) is 0 Å². The zero-order valence-electron chi connectivity index (χ0n) is 8.60. The maximum atomic E-state index is 4.98. The van der Waals surface area contributed by atoms with Crippen molar-refractivity contribution in [1.29, 1.82) is 0 Å². The number of nitrogens with one attached hydrogen (secondary N) is 1. The molecule has 0 amide bonds. The van der Waals surface area contributed by atoms with Crippen molar-refractivity contribution in [1.82, 2.24) is 20.4 Å². The van der Waals surface area contributed by atoms with Crippen LogP contribution in [0, 0.1) is 0 Å². The molecule has 0 spiro atoms. The molecule has 1 saturated heterocycles. The van der Waals surface area contributed by atoms with Crippen LogP contribution in [0.25, 0.3) is 0 Å². The summed E-state index contributed by atoms with van der Waals surface area (Å²) in [6.07, 6.45) is 1.45. The molecule has 1 aromatic heterocycles. The van der Waals surface area contributed by atoms with Crippen LogP contribution in [0.15, 0.2) is 10.9 Å². The molecule has 0 aliphatic carbocycles. The van der Waals surface area contributed by atoms with Crippen LogP contribution >= 0.6 is 0 Å². The molecule has 1 fully saturated rings. The van der Waals surface area contributed by atoms with E-state index in [1.165, 1.54) is 6.33 Å². The lowest BCUT2D eigenvalue weighted by atomic mass is 10.1. The second kappa shape index (κ2) is 4.06. The fraction of sp³-hybridized carbons (Fsp3) is 0.778. The van der Waals surface area contributed by atoms with Crippen molar-refractivity contribution in [3.8, 4) is 0 Å². The van der Waals surface area contributed by atoms with E-state index >= 15 is 0 Å². The summed E-state index contributed by atoms with van der Waals surface area (Å²) in [4.78, 5) is 6.35. The van der Waals surface area contributed by atoms with Gasteiger partial charge in [0.2, 0.25) is 5.89 Å². The fourth-order valence-electron chi connectivity index (χ4n) is 2.03. The van der Waals surface area contributed by atoms with Crippen LogP contribution in [-0.4, -0.2) is 40.2 Å². The first-order valence-corrected chi connectivity index (χ1v) is 4.98. The Morgan fingerprint density at radius 1 is 1.50 bits per heavy atom. The Morgan fingerprint density at radius 3 is 2.79 bits per heavy atom. The van der Waals surface area contributed by atoms with Gasteiger partial charge in [0.05, 0.1) is 6.54 Å². The third kappa shape index (κ3) is 2.30. The predicted molar refractivity (Wildman–Crippen MR) is 51.6 cm³/mol. The van der Waals surface area contributed by atoms with Gasteiger partial charge in [-0.1, -0.05) is 5.16 Å². The maximum absolute atomic E-state index is 4.98. The van der Waals surface area contributed by atoms with Crippen LogP contribution < -0.4 is 5.32 Å². The third-order valence-corrected chi connectivity index (χ3v) is 2.40. The minimum atomic E-state index is 0.529. The molecular weight excluding hydrogens is 180 g/mol. The molecule has 0 aromatic carbocycles. The number of hydrogen-bond donors (Lipinski definition) is 1. The highest BCUT2D eigenvalue weighted by Gasteiger charge is 2.21. The zero-order valence-corrected chi connectivity index (χ0v) is 8.60. The summed E-state index contributed by atoms with van der Waals surface area (Å²) in [6.45, 7) is 7.21. The number of rotatable bonds is 2. The van der Waals surface area contributed by atoms with Crippen molar-refractivity contribution in [2.24, 2.45) is 0 Å². The Hall–Kier alpha value is -0.940. The SMILES string of the molecule is CC1CN(Cc2ncno2)CC(C)N1. The highest BCUT2D eigenvalue weighted by Crippen LogP contribution is 2.07. The average molecular weight is 196 g/mol. The monoisotopic (exact) mass is 196 g/mol.